The number of phenols is 1. The Labute approximate surface area is 71.8 Å². The van der Waals surface area contributed by atoms with Crippen LogP contribution in [-0.4, -0.2) is 11.7 Å². The van der Waals surface area contributed by atoms with Crippen molar-refractivity contribution < 1.29 is 9.84 Å². The summed E-state index contributed by atoms with van der Waals surface area (Å²) in [6.45, 7) is 0.630. The average molecular weight is 162 g/mol. The minimum Gasteiger partial charge on any atom is -0.508 e. The van der Waals surface area contributed by atoms with Gasteiger partial charge in [-0.15, -0.1) is 6.42 Å². The molecule has 1 aromatic rings. The molecule has 0 aromatic heterocycles. The minimum atomic E-state index is 0.245. The summed E-state index contributed by atoms with van der Waals surface area (Å²) >= 11 is 0. The fourth-order valence-corrected chi connectivity index (χ4v) is 0.853. The van der Waals surface area contributed by atoms with Crippen LogP contribution in [0.1, 0.15) is 5.56 Å². The number of para-hydroxylation sites is 1. The third-order valence-corrected chi connectivity index (χ3v) is 1.43. The van der Waals surface area contributed by atoms with Crippen LogP contribution in [0.5, 0.6) is 5.75 Å². The monoisotopic (exact) mass is 162 g/mol. The van der Waals surface area contributed by atoms with E-state index < -0.39 is 0 Å². The van der Waals surface area contributed by atoms with Crippen molar-refractivity contribution >= 4 is 0 Å². The maximum atomic E-state index is 9.28. The standard InChI is InChI=1S/C10H10O2/c1-2-7-12-8-9-5-3-4-6-10(9)11/h1,3-6,11H,7-8H2. The van der Waals surface area contributed by atoms with Gasteiger partial charge in [-0.2, -0.15) is 0 Å². The Morgan fingerprint density at radius 1 is 1.42 bits per heavy atom. The van der Waals surface area contributed by atoms with E-state index in [1.54, 1.807) is 18.2 Å². The highest BCUT2D eigenvalue weighted by molar-refractivity contribution is 5.30. The summed E-state index contributed by atoms with van der Waals surface area (Å²) in [5, 5.41) is 9.28. The lowest BCUT2D eigenvalue weighted by Crippen LogP contribution is -1.92. The Hall–Kier alpha value is -1.46. The minimum absolute atomic E-state index is 0.245. The van der Waals surface area contributed by atoms with Gasteiger partial charge in [0.2, 0.25) is 0 Å². The first-order chi connectivity index (χ1) is 5.84. The number of aromatic hydroxyl groups is 1. The van der Waals surface area contributed by atoms with Gasteiger partial charge in [-0.1, -0.05) is 24.1 Å². The number of terminal acetylenes is 1. The number of phenolic OH excluding ortho intramolecular Hbond substituents is 1. The highest BCUT2D eigenvalue weighted by Gasteiger charge is 1.97. The summed E-state index contributed by atoms with van der Waals surface area (Å²) in [6, 6.07) is 7.02. The normalized spacial score (nSPS) is 9.25. The molecule has 0 aliphatic rings. The predicted molar refractivity (Wildman–Crippen MR) is 46.6 cm³/mol. The third-order valence-electron chi connectivity index (χ3n) is 1.43. The molecule has 62 valence electrons. The molecular weight excluding hydrogens is 152 g/mol. The second-order valence-electron chi connectivity index (χ2n) is 2.33. The zero-order valence-electron chi connectivity index (χ0n) is 6.66. The second kappa shape index (κ2) is 4.42. The smallest absolute Gasteiger partial charge is 0.121 e. The van der Waals surface area contributed by atoms with Crippen molar-refractivity contribution in [2.45, 2.75) is 6.61 Å². The van der Waals surface area contributed by atoms with Crippen molar-refractivity contribution in [1.29, 1.82) is 0 Å². The first-order valence-electron chi connectivity index (χ1n) is 3.62. The molecule has 12 heavy (non-hydrogen) atoms. The van der Waals surface area contributed by atoms with Gasteiger partial charge in [-0.05, 0) is 6.07 Å². The lowest BCUT2D eigenvalue weighted by molar-refractivity contribution is 0.151. The molecule has 1 rings (SSSR count). The molecule has 0 aliphatic heterocycles. The molecule has 2 nitrogen and oxygen atoms in total. The molecule has 0 saturated heterocycles. The molecule has 0 spiro atoms. The second-order valence-corrected chi connectivity index (χ2v) is 2.33. The molecule has 0 radical (unpaired) electrons. The highest BCUT2D eigenvalue weighted by Crippen LogP contribution is 2.15. The van der Waals surface area contributed by atoms with Crippen LogP contribution in [0, 0.1) is 12.3 Å². The fraction of sp³-hybridized carbons (Fsp3) is 0.200. The molecular formula is C10H10O2. The Balaban J connectivity index is 2.53. The van der Waals surface area contributed by atoms with E-state index >= 15 is 0 Å². The molecule has 0 aliphatic carbocycles. The molecule has 1 aromatic carbocycles. The van der Waals surface area contributed by atoms with Crippen molar-refractivity contribution in [3.8, 4) is 18.1 Å². The summed E-state index contributed by atoms with van der Waals surface area (Å²) in [5.74, 6) is 2.60. The molecule has 0 fully saturated rings. The van der Waals surface area contributed by atoms with E-state index in [9.17, 15) is 5.11 Å². The molecule has 0 heterocycles. The lowest BCUT2D eigenvalue weighted by atomic mass is 10.2. The van der Waals surface area contributed by atoms with Crippen LogP contribution in [0.15, 0.2) is 24.3 Å². The summed E-state index contributed by atoms with van der Waals surface area (Å²) in [6.07, 6.45) is 4.99. The van der Waals surface area contributed by atoms with E-state index in [0.29, 0.717) is 6.61 Å². The quantitative estimate of drug-likeness (QED) is 0.539. The number of hydrogen-bond acceptors (Lipinski definition) is 2. The first kappa shape index (κ1) is 8.63. The Morgan fingerprint density at radius 3 is 2.83 bits per heavy atom. The zero-order chi connectivity index (χ0) is 8.81. The molecule has 0 saturated carbocycles. The van der Waals surface area contributed by atoms with Crippen molar-refractivity contribution in [2.24, 2.45) is 0 Å². The van der Waals surface area contributed by atoms with E-state index in [1.807, 2.05) is 6.07 Å². The van der Waals surface area contributed by atoms with Gasteiger partial charge in [-0.3, -0.25) is 0 Å². The molecule has 0 amide bonds. The zero-order valence-corrected chi connectivity index (χ0v) is 6.66. The van der Waals surface area contributed by atoms with Crippen LogP contribution >= 0.6 is 0 Å². The first-order valence-corrected chi connectivity index (χ1v) is 3.62. The van der Waals surface area contributed by atoms with Crippen molar-refractivity contribution in [2.75, 3.05) is 6.61 Å². The summed E-state index contributed by atoms with van der Waals surface area (Å²) in [7, 11) is 0. The molecule has 1 N–H and O–H groups in total. The fourth-order valence-electron chi connectivity index (χ4n) is 0.853. The Kier molecular flexibility index (Phi) is 3.18. The van der Waals surface area contributed by atoms with Gasteiger partial charge in [0.25, 0.3) is 0 Å². The summed E-state index contributed by atoms with van der Waals surface area (Å²) < 4.78 is 5.05. The SMILES string of the molecule is C#CCOCc1ccccc1O. The van der Waals surface area contributed by atoms with Crippen molar-refractivity contribution in [3.63, 3.8) is 0 Å². The van der Waals surface area contributed by atoms with Gasteiger partial charge in [0, 0.05) is 5.56 Å². The maximum absolute atomic E-state index is 9.28. The van der Waals surface area contributed by atoms with E-state index in [2.05, 4.69) is 5.92 Å². The van der Waals surface area contributed by atoms with Gasteiger partial charge in [-0.25, -0.2) is 0 Å². The van der Waals surface area contributed by atoms with Crippen LogP contribution in [0.3, 0.4) is 0 Å². The van der Waals surface area contributed by atoms with Gasteiger partial charge < -0.3 is 9.84 Å². The third kappa shape index (κ3) is 2.30. The van der Waals surface area contributed by atoms with Gasteiger partial charge in [0.15, 0.2) is 0 Å². The average Bonchev–Trinajstić information content (AvgIpc) is 2.09. The molecule has 2 heteroatoms. The largest absolute Gasteiger partial charge is 0.508 e. The number of rotatable bonds is 3. The summed E-state index contributed by atoms with van der Waals surface area (Å²) in [5.41, 5.74) is 0.757. The van der Waals surface area contributed by atoms with Crippen molar-refractivity contribution in [1.82, 2.24) is 0 Å². The predicted octanol–water partition coefficient (Wildman–Crippen LogP) is 1.54. The van der Waals surface area contributed by atoms with E-state index in [4.69, 9.17) is 11.2 Å². The van der Waals surface area contributed by atoms with E-state index in [-0.39, 0.29) is 12.4 Å². The number of benzene rings is 1. The molecule has 0 bridgehead atoms. The lowest BCUT2D eigenvalue weighted by Gasteiger charge is -2.02. The molecule has 0 unspecified atom stereocenters. The number of ether oxygens (including phenoxy) is 1. The Bertz CT molecular complexity index is 286. The molecule has 0 atom stereocenters. The summed E-state index contributed by atoms with van der Waals surface area (Å²) in [4.78, 5) is 0. The van der Waals surface area contributed by atoms with Gasteiger partial charge >= 0.3 is 0 Å². The van der Waals surface area contributed by atoms with Crippen LogP contribution in [0.25, 0.3) is 0 Å². The Morgan fingerprint density at radius 2 is 2.17 bits per heavy atom. The van der Waals surface area contributed by atoms with E-state index in [0.717, 1.165) is 5.56 Å². The topological polar surface area (TPSA) is 29.5 Å². The van der Waals surface area contributed by atoms with Crippen LogP contribution < -0.4 is 0 Å². The van der Waals surface area contributed by atoms with Crippen LogP contribution in [0.2, 0.25) is 0 Å². The maximum Gasteiger partial charge on any atom is 0.121 e. The van der Waals surface area contributed by atoms with Crippen LogP contribution in [-0.2, 0) is 11.3 Å². The van der Waals surface area contributed by atoms with Gasteiger partial charge in [0.1, 0.15) is 12.4 Å². The van der Waals surface area contributed by atoms with Gasteiger partial charge in [0.05, 0.1) is 6.61 Å². The number of hydrogen-bond donors (Lipinski definition) is 1. The van der Waals surface area contributed by atoms with Crippen LogP contribution in [0.4, 0.5) is 0 Å². The van der Waals surface area contributed by atoms with Crippen molar-refractivity contribution in [3.05, 3.63) is 29.8 Å². The van der Waals surface area contributed by atoms with E-state index in [1.165, 1.54) is 0 Å². The highest BCUT2D eigenvalue weighted by atomic mass is 16.5.